The standard InChI is InChI=1S/C29H31N3.H3O4P.4H2O.W/c1-6-30-28-20-19-27(25-9-7-8-10-26(25)28)29(21-11-15-23(16-12-21)31(2)3)22-13-17-24(18-14-22)32(4)5;1-5(2,3)4;;;;;/h7-20H,6H2,1-5H3;(H3,1,2,3,4);4*1H2;/p-1. The van der Waals surface area contributed by atoms with Gasteiger partial charge in [-0.1, -0.05) is 54.6 Å². The summed E-state index contributed by atoms with van der Waals surface area (Å²) in [7, 11) is 3.65. The molecule has 11 nitrogen and oxygen atoms in total. The normalized spacial score (nSPS) is 11.9. The number of phosphoric acid groups is 1. The Morgan fingerprint density at radius 2 is 1.10 bits per heavy atom. The Bertz CT molecular complexity index is 1310. The van der Waals surface area contributed by atoms with Gasteiger partial charge in [-0.15, -0.1) is 0 Å². The molecule has 3 aromatic carbocycles. The van der Waals surface area contributed by atoms with Crippen molar-refractivity contribution >= 4 is 36.1 Å². The fourth-order valence-electron chi connectivity index (χ4n) is 4.14. The number of anilines is 2. The predicted octanol–water partition coefficient (Wildman–Crippen LogP) is 2.57. The van der Waals surface area contributed by atoms with Crippen LogP contribution in [0.5, 0.6) is 0 Å². The van der Waals surface area contributed by atoms with E-state index in [1.165, 1.54) is 44.8 Å². The van der Waals surface area contributed by atoms with Crippen LogP contribution in [-0.4, -0.2) is 77.0 Å². The fourth-order valence-corrected chi connectivity index (χ4v) is 4.14. The molecule has 13 heteroatoms. The molecule has 0 bridgehead atoms. The summed E-state index contributed by atoms with van der Waals surface area (Å²) in [6, 6.07) is 26.2. The summed E-state index contributed by atoms with van der Waals surface area (Å²) in [5, 5.41) is 0. The van der Waals surface area contributed by atoms with E-state index in [0.717, 1.165) is 12.3 Å². The minimum absolute atomic E-state index is 0. The van der Waals surface area contributed by atoms with Gasteiger partial charge in [0.25, 0.3) is 0 Å². The number of nitrogens with zero attached hydrogens (tertiary/aromatic N) is 3. The number of allylic oxidation sites excluding steroid dienone is 3. The third-order valence-electron chi connectivity index (χ3n) is 5.84. The maximum absolute atomic E-state index is 8.88. The molecule has 0 amide bonds. The van der Waals surface area contributed by atoms with Crippen molar-refractivity contribution in [3.05, 3.63) is 107 Å². The van der Waals surface area contributed by atoms with Crippen molar-refractivity contribution in [3.8, 4) is 0 Å². The van der Waals surface area contributed by atoms with E-state index in [4.69, 9.17) is 24.2 Å². The van der Waals surface area contributed by atoms with Crippen molar-refractivity contribution in [1.82, 2.24) is 0 Å². The first-order valence-corrected chi connectivity index (χ1v) is 13.5. The third kappa shape index (κ3) is 11.7. The van der Waals surface area contributed by atoms with Crippen LogP contribution in [0.15, 0.2) is 89.9 Å². The molecule has 1 aliphatic carbocycles. The van der Waals surface area contributed by atoms with Gasteiger partial charge < -0.3 is 46.4 Å². The zero-order valence-electron chi connectivity index (χ0n) is 24.2. The number of aliphatic imine (C=N–C) groups is 1. The van der Waals surface area contributed by atoms with Crippen LogP contribution in [0.3, 0.4) is 0 Å². The zero-order valence-corrected chi connectivity index (χ0v) is 28.0. The molecular formula is C29H41N3O8PW-. The molecule has 10 N–H and O–H groups in total. The summed E-state index contributed by atoms with van der Waals surface area (Å²) in [6.07, 6.45) is 4.38. The van der Waals surface area contributed by atoms with E-state index in [0.29, 0.717) is 0 Å². The Morgan fingerprint density at radius 1 is 0.714 bits per heavy atom. The van der Waals surface area contributed by atoms with Gasteiger partial charge in [0.05, 0.1) is 5.71 Å². The van der Waals surface area contributed by atoms with Gasteiger partial charge in [0.1, 0.15) is 0 Å². The van der Waals surface area contributed by atoms with E-state index in [1.807, 2.05) is 0 Å². The van der Waals surface area contributed by atoms with Crippen LogP contribution >= 0.6 is 7.82 Å². The van der Waals surface area contributed by atoms with Gasteiger partial charge in [0.2, 0.25) is 0 Å². The SMILES string of the molecule is CCN=C1C=CC(=C(c2ccc(N(C)C)cc2)c2ccc(N(C)C)cc2)c2ccccc21.O.O.O.O=P(O)(O)O.[OH-].[W]. The van der Waals surface area contributed by atoms with Crippen LogP contribution in [0.4, 0.5) is 11.4 Å². The average molecular weight is 774 g/mol. The van der Waals surface area contributed by atoms with Crippen LogP contribution in [0.25, 0.3) is 11.1 Å². The molecule has 0 saturated carbocycles. The number of fused-ring (bicyclic) bond motifs is 1. The van der Waals surface area contributed by atoms with Gasteiger partial charge in [0.15, 0.2) is 0 Å². The third-order valence-corrected chi connectivity index (χ3v) is 5.84. The maximum atomic E-state index is 8.88. The zero-order chi connectivity index (χ0) is 27.2. The van der Waals surface area contributed by atoms with Gasteiger partial charge >= 0.3 is 7.82 Å². The summed E-state index contributed by atoms with van der Waals surface area (Å²) in [4.78, 5) is 30.5. The van der Waals surface area contributed by atoms with Gasteiger partial charge in [-0.25, -0.2) is 4.57 Å². The maximum Gasteiger partial charge on any atom is 0.466 e. The van der Waals surface area contributed by atoms with Crippen molar-refractivity contribution in [2.45, 2.75) is 6.92 Å². The molecule has 0 unspecified atom stereocenters. The number of rotatable bonds is 5. The summed E-state index contributed by atoms with van der Waals surface area (Å²) < 4.78 is 8.88. The number of hydrogen-bond acceptors (Lipinski definition) is 5. The predicted molar refractivity (Wildman–Crippen MR) is 167 cm³/mol. The van der Waals surface area contributed by atoms with E-state index in [1.54, 1.807) is 0 Å². The fraction of sp³-hybridized carbons (Fsp3) is 0.207. The first-order chi connectivity index (χ1) is 17.5. The van der Waals surface area contributed by atoms with Crippen molar-refractivity contribution in [2.75, 3.05) is 44.5 Å². The summed E-state index contributed by atoms with van der Waals surface area (Å²) >= 11 is 0. The molecule has 3 aromatic rings. The molecule has 0 radical (unpaired) electrons. The largest absolute Gasteiger partial charge is 0.870 e. The van der Waals surface area contributed by atoms with Crippen LogP contribution in [0.2, 0.25) is 0 Å². The van der Waals surface area contributed by atoms with Crippen molar-refractivity contribution < 1.29 is 62.2 Å². The molecular weight excluding hydrogens is 733 g/mol. The van der Waals surface area contributed by atoms with E-state index in [2.05, 4.69) is 130 Å². The van der Waals surface area contributed by atoms with Gasteiger partial charge in [-0.2, -0.15) is 0 Å². The first-order valence-electron chi connectivity index (χ1n) is 11.9. The molecule has 0 atom stereocenters. The Kier molecular flexibility index (Phi) is 20.0. The van der Waals surface area contributed by atoms with Gasteiger partial charge in [-0.05, 0) is 65.1 Å². The minimum atomic E-state index is -4.64. The molecule has 232 valence electrons. The second kappa shape index (κ2) is 19.3. The molecule has 0 saturated heterocycles. The first kappa shape index (κ1) is 43.5. The molecule has 4 rings (SSSR count). The van der Waals surface area contributed by atoms with E-state index < -0.39 is 7.82 Å². The van der Waals surface area contributed by atoms with Crippen molar-refractivity contribution in [3.63, 3.8) is 0 Å². The molecule has 0 aliphatic heterocycles. The molecule has 1 aliphatic rings. The Morgan fingerprint density at radius 3 is 1.45 bits per heavy atom. The quantitative estimate of drug-likeness (QED) is 0.329. The Labute approximate surface area is 261 Å². The molecule has 0 heterocycles. The monoisotopic (exact) mass is 774 g/mol. The number of hydrogen-bond donors (Lipinski definition) is 3. The molecule has 42 heavy (non-hydrogen) atoms. The topological polar surface area (TPSA) is 221 Å². The molecule has 0 fully saturated rings. The van der Waals surface area contributed by atoms with Crippen molar-refractivity contribution in [1.29, 1.82) is 0 Å². The van der Waals surface area contributed by atoms with E-state index in [9.17, 15) is 0 Å². The van der Waals surface area contributed by atoms with Crippen LogP contribution in [-0.2, 0) is 25.6 Å². The molecule has 0 aromatic heterocycles. The summed E-state index contributed by atoms with van der Waals surface area (Å²) in [6.45, 7) is 2.86. The van der Waals surface area contributed by atoms with Crippen molar-refractivity contribution in [2.24, 2.45) is 4.99 Å². The van der Waals surface area contributed by atoms with Gasteiger partial charge in [-0.3, -0.25) is 4.99 Å². The smallest absolute Gasteiger partial charge is 0.466 e. The van der Waals surface area contributed by atoms with E-state index >= 15 is 0 Å². The summed E-state index contributed by atoms with van der Waals surface area (Å²) in [5.41, 5.74) is 10.7. The van der Waals surface area contributed by atoms with Gasteiger partial charge in [0, 0.05) is 72.7 Å². The average Bonchev–Trinajstić information content (AvgIpc) is 2.85. The second-order valence-corrected chi connectivity index (χ2v) is 9.95. The Hall–Kier alpha value is -2.95. The second-order valence-electron chi connectivity index (χ2n) is 8.92. The minimum Gasteiger partial charge on any atom is -0.870 e. The van der Waals surface area contributed by atoms with Crippen LogP contribution < -0.4 is 9.80 Å². The molecule has 0 spiro atoms. The van der Waals surface area contributed by atoms with E-state index in [-0.39, 0.29) is 43.0 Å². The summed E-state index contributed by atoms with van der Waals surface area (Å²) in [5.74, 6) is 0. The number of benzene rings is 3. The Balaban J connectivity index is -0.00000141. The van der Waals surface area contributed by atoms with Crippen LogP contribution in [0.1, 0.15) is 29.2 Å². The van der Waals surface area contributed by atoms with Crippen LogP contribution in [0, 0.1) is 0 Å².